The number of methoxy groups -OCH3 is 2. The minimum absolute atomic E-state index is 0.0414. The molecule has 0 bridgehead atoms. The highest BCUT2D eigenvalue weighted by molar-refractivity contribution is 5.81. The maximum atomic E-state index is 12.4. The first-order valence-electron chi connectivity index (χ1n) is 10.1. The minimum Gasteiger partial charge on any atom is -0.493 e. The van der Waals surface area contributed by atoms with Crippen molar-refractivity contribution in [3.8, 4) is 11.5 Å². The van der Waals surface area contributed by atoms with E-state index in [4.69, 9.17) is 14.2 Å². The summed E-state index contributed by atoms with van der Waals surface area (Å²) in [4.78, 5) is 24.5. The molecule has 0 saturated heterocycles. The first-order valence-corrected chi connectivity index (χ1v) is 10.1. The van der Waals surface area contributed by atoms with Crippen molar-refractivity contribution in [1.82, 2.24) is 5.32 Å². The number of hydrogen-bond donors (Lipinski definition) is 1. The summed E-state index contributed by atoms with van der Waals surface area (Å²) in [6.07, 6.45) is 1.01. The summed E-state index contributed by atoms with van der Waals surface area (Å²) < 4.78 is 15.6. The number of carbonyl (C=O) groups is 2. The minimum atomic E-state index is -0.481. The van der Waals surface area contributed by atoms with E-state index in [9.17, 15) is 9.59 Å². The predicted octanol–water partition coefficient (Wildman–Crippen LogP) is 3.87. The molecule has 0 fully saturated rings. The van der Waals surface area contributed by atoms with Crippen molar-refractivity contribution < 1.29 is 23.8 Å². The van der Waals surface area contributed by atoms with Crippen molar-refractivity contribution >= 4 is 11.9 Å². The Labute approximate surface area is 178 Å². The topological polar surface area (TPSA) is 73.9 Å². The number of benzene rings is 2. The molecule has 0 heterocycles. The second-order valence-electron chi connectivity index (χ2n) is 7.41. The van der Waals surface area contributed by atoms with Gasteiger partial charge in [-0.25, -0.2) is 0 Å². The summed E-state index contributed by atoms with van der Waals surface area (Å²) >= 11 is 0. The molecule has 0 saturated carbocycles. The monoisotopic (exact) mass is 413 g/mol. The van der Waals surface area contributed by atoms with Gasteiger partial charge in [-0.15, -0.1) is 0 Å². The van der Waals surface area contributed by atoms with E-state index in [1.165, 1.54) is 12.7 Å². The van der Waals surface area contributed by atoms with Crippen LogP contribution in [0.3, 0.4) is 0 Å². The number of esters is 1. The van der Waals surface area contributed by atoms with E-state index in [1.54, 1.807) is 25.3 Å². The zero-order valence-electron chi connectivity index (χ0n) is 18.4. The molecule has 1 N–H and O–H groups in total. The Kier molecular flexibility index (Phi) is 8.71. The van der Waals surface area contributed by atoms with Crippen molar-refractivity contribution in [1.29, 1.82) is 0 Å². The van der Waals surface area contributed by atoms with Gasteiger partial charge in [0, 0.05) is 0 Å². The van der Waals surface area contributed by atoms with Gasteiger partial charge < -0.3 is 19.5 Å². The van der Waals surface area contributed by atoms with Gasteiger partial charge in [-0.3, -0.25) is 9.59 Å². The molecular formula is C24H31NO5. The molecule has 2 aromatic rings. The van der Waals surface area contributed by atoms with Crippen LogP contribution in [-0.2, 0) is 27.2 Å². The van der Waals surface area contributed by atoms with E-state index in [0.717, 1.165) is 12.0 Å². The first kappa shape index (κ1) is 23.3. The van der Waals surface area contributed by atoms with Gasteiger partial charge >= 0.3 is 5.97 Å². The Bertz CT molecular complexity index is 845. The molecule has 6 heteroatoms. The number of carbonyl (C=O) groups excluding carboxylic acids is 2. The van der Waals surface area contributed by atoms with Crippen LogP contribution in [0.5, 0.6) is 11.5 Å². The molecule has 0 aromatic heterocycles. The van der Waals surface area contributed by atoms with E-state index in [1.807, 2.05) is 26.0 Å². The fraction of sp³-hybridized carbons (Fsp3) is 0.417. The summed E-state index contributed by atoms with van der Waals surface area (Å²) in [7, 11) is 3.08. The average Bonchev–Trinajstić information content (AvgIpc) is 2.75. The second-order valence-corrected chi connectivity index (χ2v) is 7.41. The maximum Gasteiger partial charge on any atom is 0.310 e. The van der Waals surface area contributed by atoms with Gasteiger partial charge in [0.05, 0.1) is 26.7 Å². The van der Waals surface area contributed by atoms with Crippen LogP contribution < -0.4 is 14.8 Å². The van der Waals surface area contributed by atoms with Gasteiger partial charge in [-0.05, 0) is 41.2 Å². The molecule has 162 valence electrons. The van der Waals surface area contributed by atoms with Crippen LogP contribution in [0.25, 0.3) is 0 Å². The van der Waals surface area contributed by atoms with E-state index in [-0.39, 0.29) is 30.9 Å². The standard InChI is InChI=1S/C24H31NO5/c1-6-17-7-10-19(11-8-17)24(16(2)3)25-22(26)15-30-23(27)14-18-9-12-20(28-4)21(13-18)29-5/h7-13,16,24H,6,14-15H2,1-5H3,(H,25,26)/t24-/m0/s1. The van der Waals surface area contributed by atoms with Gasteiger partial charge in [0.15, 0.2) is 18.1 Å². The number of rotatable bonds is 10. The fourth-order valence-corrected chi connectivity index (χ4v) is 3.17. The van der Waals surface area contributed by atoms with Crippen LogP contribution in [-0.4, -0.2) is 32.7 Å². The summed E-state index contributed by atoms with van der Waals surface area (Å²) in [6.45, 7) is 5.87. The number of ether oxygens (including phenoxy) is 3. The largest absolute Gasteiger partial charge is 0.493 e. The molecule has 1 atom stereocenters. The van der Waals surface area contributed by atoms with Gasteiger partial charge in [-0.2, -0.15) is 0 Å². The van der Waals surface area contributed by atoms with E-state index in [2.05, 4.69) is 24.4 Å². The maximum absolute atomic E-state index is 12.4. The van der Waals surface area contributed by atoms with Crippen molar-refractivity contribution in [3.63, 3.8) is 0 Å². The summed E-state index contributed by atoms with van der Waals surface area (Å²) in [5.74, 6) is 0.513. The molecule has 2 aromatic carbocycles. The van der Waals surface area contributed by atoms with Crippen molar-refractivity contribution in [3.05, 3.63) is 59.2 Å². The highest BCUT2D eigenvalue weighted by Gasteiger charge is 2.19. The number of aryl methyl sites for hydroxylation is 1. The third kappa shape index (κ3) is 6.51. The molecular weight excluding hydrogens is 382 g/mol. The van der Waals surface area contributed by atoms with Gasteiger partial charge in [0.2, 0.25) is 0 Å². The van der Waals surface area contributed by atoms with Crippen LogP contribution in [0.2, 0.25) is 0 Å². The van der Waals surface area contributed by atoms with E-state index in [0.29, 0.717) is 17.1 Å². The molecule has 0 aliphatic rings. The molecule has 0 aliphatic carbocycles. The quantitative estimate of drug-likeness (QED) is 0.599. The SMILES string of the molecule is CCc1ccc([C@@H](NC(=O)COC(=O)Cc2ccc(OC)c(OC)c2)C(C)C)cc1. The lowest BCUT2D eigenvalue weighted by molar-refractivity contribution is -0.148. The first-order chi connectivity index (χ1) is 14.4. The normalized spacial score (nSPS) is 11.7. The summed E-state index contributed by atoms with van der Waals surface area (Å²) in [5, 5.41) is 2.97. The van der Waals surface area contributed by atoms with E-state index >= 15 is 0 Å². The van der Waals surface area contributed by atoms with Crippen LogP contribution in [0.1, 0.15) is 43.5 Å². The molecule has 30 heavy (non-hydrogen) atoms. The highest BCUT2D eigenvalue weighted by Crippen LogP contribution is 2.27. The Morgan fingerprint density at radius 2 is 1.57 bits per heavy atom. The summed E-state index contributed by atoms with van der Waals surface area (Å²) in [6, 6.07) is 13.3. The molecule has 1 amide bonds. The van der Waals surface area contributed by atoms with Gasteiger partial charge in [0.25, 0.3) is 5.91 Å². The van der Waals surface area contributed by atoms with Gasteiger partial charge in [0.1, 0.15) is 0 Å². The Morgan fingerprint density at radius 3 is 2.13 bits per heavy atom. The molecule has 0 unspecified atom stereocenters. The lowest BCUT2D eigenvalue weighted by atomic mass is 9.95. The predicted molar refractivity (Wildman–Crippen MR) is 116 cm³/mol. The van der Waals surface area contributed by atoms with Crippen LogP contribution in [0, 0.1) is 5.92 Å². The molecule has 0 radical (unpaired) electrons. The number of nitrogens with one attached hydrogen (secondary N) is 1. The van der Waals surface area contributed by atoms with E-state index < -0.39 is 5.97 Å². The third-order valence-electron chi connectivity index (χ3n) is 4.89. The van der Waals surface area contributed by atoms with Gasteiger partial charge in [-0.1, -0.05) is 51.1 Å². The highest BCUT2D eigenvalue weighted by atomic mass is 16.5. The zero-order valence-corrected chi connectivity index (χ0v) is 18.4. The average molecular weight is 414 g/mol. The van der Waals surface area contributed by atoms with Crippen LogP contribution >= 0.6 is 0 Å². The number of hydrogen-bond acceptors (Lipinski definition) is 5. The summed E-state index contributed by atoms with van der Waals surface area (Å²) in [5.41, 5.74) is 3.00. The van der Waals surface area contributed by atoms with Crippen molar-refractivity contribution in [2.75, 3.05) is 20.8 Å². The van der Waals surface area contributed by atoms with Crippen LogP contribution in [0.15, 0.2) is 42.5 Å². The smallest absolute Gasteiger partial charge is 0.310 e. The Balaban J connectivity index is 1.91. The van der Waals surface area contributed by atoms with Crippen molar-refractivity contribution in [2.24, 2.45) is 5.92 Å². The lowest BCUT2D eigenvalue weighted by Crippen LogP contribution is -2.35. The zero-order chi connectivity index (χ0) is 22.1. The molecule has 6 nitrogen and oxygen atoms in total. The lowest BCUT2D eigenvalue weighted by Gasteiger charge is -2.23. The molecule has 2 rings (SSSR count). The molecule has 0 spiro atoms. The second kappa shape index (κ2) is 11.2. The third-order valence-corrected chi connectivity index (χ3v) is 4.89. The fourth-order valence-electron chi connectivity index (χ4n) is 3.17. The van der Waals surface area contributed by atoms with Crippen molar-refractivity contribution in [2.45, 2.75) is 39.7 Å². The number of amides is 1. The van der Waals surface area contributed by atoms with Crippen LogP contribution in [0.4, 0.5) is 0 Å². The molecule has 0 aliphatic heterocycles. The Morgan fingerprint density at radius 1 is 0.933 bits per heavy atom. The Hall–Kier alpha value is -3.02.